The predicted octanol–water partition coefficient (Wildman–Crippen LogP) is 3.48. The van der Waals surface area contributed by atoms with Gasteiger partial charge in [-0.25, -0.2) is 15.8 Å². The normalized spacial score (nSPS) is 17.5. The molecule has 1 aromatic heterocycles. The van der Waals surface area contributed by atoms with Crippen molar-refractivity contribution >= 4 is 17.6 Å². The second-order valence-electron chi connectivity index (χ2n) is 6.19. The zero-order valence-electron chi connectivity index (χ0n) is 12.1. The van der Waals surface area contributed by atoms with Crippen LogP contribution >= 0.6 is 11.8 Å². The van der Waals surface area contributed by atoms with Crippen LogP contribution < -0.4 is 11.3 Å². The van der Waals surface area contributed by atoms with Gasteiger partial charge < -0.3 is 5.43 Å². The minimum atomic E-state index is -0.0608. The fraction of sp³-hybridized carbons (Fsp3) is 0.714. The number of nitrogens with two attached hydrogens (primary N) is 1. The number of anilines is 1. The molecule has 1 aliphatic rings. The van der Waals surface area contributed by atoms with E-state index in [9.17, 15) is 0 Å². The van der Waals surface area contributed by atoms with Gasteiger partial charge in [0, 0.05) is 16.7 Å². The number of nitrogen functional groups attached to an aromatic ring is 1. The third-order valence-corrected chi connectivity index (χ3v) is 4.62. The van der Waals surface area contributed by atoms with Gasteiger partial charge in [-0.2, -0.15) is 0 Å². The van der Waals surface area contributed by atoms with E-state index >= 15 is 0 Å². The first kappa shape index (κ1) is 14.6. The quantitative estimate of drug-likeness (QED) is 0.504. The molecule has 0 aliphatic heterocycles. The van der Waals surface area contributed by atoms with Crippen molar-refractivity contribution in [2.75, 3.05) is 5.43 Å². The maximum atomic E-state index is 5.51. The van der Waals surface area contributed by atoms with Crippen LogP contribution in [0, 0.1) is 0 Å². The first-order chi connectivity index (χ1) is 8.99. The van der Waals surface area contributed by atoms with Gasteiger partial charge >= 0.3 is 0 Å². The molecule has 1 saturated carbocycles. The van der Waals surface area contributed by atoms with Crippen LogP contribution in [0.25, 0.3) is 0 Å². The lowest BCUT2D eigenvalue weighted by molar-refractivity contribution is 0.514. The number of thioether (sulfide) groups is 1. The zero-order valence-corrected chi connectivity index (χ0v) is 12.9. The molecule has 0 unspecified atom stereocenters. The van der Waals surface area contributed by atoms with Crippen LogP contribution in [0.4, 0.5) is 5.82 Å². The van der Waals surface area contributed by atoms with Crippen molar-refractivity contribution in [1.82, 2.24) is 9.97 Å². The smallest absolute Gasteiger partial charge is 0.144 e. The van der Waals surface area contributed by atoms with E-state index in [2.05, 4.69) is 31.2 Å². The van der Waals surface area contributed by atoms with E-state index < -0.39 is 0 Å². The molecule has 106 valence electrons. The van der Waals surface area contributed by atoms with Crippen LogP contribution in [0.2, 0.25) is 0 Å². The second-order valence-corrected chi connectivity index (χ2v) is 7.51. The van der Waals surface area contributed by atoms with Gasteiger partial charge in [0.25, 0.3) is 0 Å². The number of nitrogens with one attached hydrogen (secondary N) is 1. The molecule has 5 heteroatoms. The first-order valence-electron chi connectivity index (χ1n) is 7.02. The van der Waals surface area contributed by atoms with E-state index in [-0.39, 0.29) is 5.41 Å². The Kier molecular flexibility index (Phi) is 4.68. The summed E-state index contributed by atoms with van der Waals surface area (Å²) >= 11 is 1.88. The lowest BCUT2D eigenvalue weighted by atomic mass is 9.96. The van der Waals surface area contributed by atoms with E-state index in [0.29, 0.717) is 11.1 Å². The maximum absolute atomic E-state index is 5.51. The number of hydrogen-bond donors (Lipinski definition) is 2. The lowest BCUT2D eigenvalue weighted by Crippen LogP contribution is -2.19. The Hall–Kier alpha value is -0.810. The number of hydrogen-bond acceptors (Lipinski definition) is 5. The summed E-state index contributed by atoms with van der Waals surface area (Å²) in [4.78, 5) is 9.16. The van der Waals surface area contributed by atoms with E-state index in [1.165, 1.54) is 32.1 Å². The van der Waals surface area contributed by atoms with Crippen LogP contribution in [0.3, 0.4) is 0 Å². The summed E-state index contributed by atoms with van der Waals surface area (Å²) in [5.41, 5.74) is 2.59. The van der Waals surface area contributed by atoms with E-state index in [1.54, 1.807) is 0 Å². The average Bonchev–Trinajstić information content (AvgIpc) is 2.38. The number of hydrazine groups is 1. The number of nitrogens with zero attached hydrogens (tertiary/aromatic N) is 2. The molecule has 2 rings (SSSR count). The molecule has 1 aliphatic carbocycles. The van der Waals surface area contributed by atoms with Crippen molar-refractivity contribution < 1.29 is 0 Å². The Morgan fingerprint density at radius 2 is 1.89 bits per heavy atom. The van der Waals surface area contributed by atoms with Gasteiger partial charge in [0.05, 0.1) is 0 Å². The Bertz CT molecular complexity index is 422. The highest BCUT2D eigenvalue weighted by molar-refractivity contribution is 7.99. The topological polar surface area (TPSA) is 63.8 Å². The summed E-state index contributed by atoms with van der Waals surface area (Å²) in [6, 6.07) is 1.95. The first-order valence-corrected chi connectivity index (χ1v) is 7.90. The van der Waals surface area contributed by atoms with Gasteiger partial charge in [0.2, 0.25) is 0 Å². The van der Waals surface area contributed by atoms with Crippen LogP contribution in [0.1, 0.15) is 58.7 Å². The Morgan fingerprint density at radius 1 is 1.21 bits per heavy atom. The van der Waals surface area contributed by atoms with Crippen molar-refractivity contribution in [3.8, 4) is 0 Å². The Balaban J connectivity index is 2.19. The largest absolute Gasteiger partial charge is 0.308 e. The van der Waals surface area contributed by atoms with Crippen LogP contribution in [-0.4, -0.2) is 15.2 Å². The summed E-state index contributed by atoms with van der Waals surface area (Å²) in [6.45, 7) is 6.37. The highest BCUT2D eigenvalue weighted by atomic mass is 32.2. The fourth-order valence-electron chi connectivity index (χ4n) is 2.25. The third kappa shape index (κ3) is 4.08. The van der Waals surface area contributed by atoms with Gasteiger partial charge in [0.15, 0.2) is 0 Å². The maximum Gasteiger partial charge on any atom is 0.144 e. The molecule has 0 saturated heterocycles. The van der Waals surface area contributed by atoms with Crippen molar-refractivity contribution in [3.05, 3.63) is 11.9 Å². The van der Waals surface area contributed by atoms with Crippen molar-refractivity contribution in [3.63, 3.8) is 0 Å². The molecular formula is C14H24N4S. The number of aromatic nitrogens is 2. The molecule has 19 heavy (non-hydrogen) atoms. The monoisotopic (exact) mass is 280 g/mol. The van der Waals surface area contributed by atoms with Gasteiger partial charge in [-0.05, 0) is 12.8 Å². The standard InChI is InChI=1S/C14H24N4S/c1-14(2,3)13-16-11(18-15)9-12(17-13)19-10-7-5-4-6-8-10/h9-10H,4-8,15H2,1-3H3,(H,16,17,18). The van der Waals surface area contributed by atoms with E-state index in [1.807, 2.05) is 17.8 Å². The van der Waals surface area contributed by atoms with Gasteiger partial charge in [-0.15, -0.1) is 11.8 Å². The van der Waals surface area contributed by atoms with E-state index in [0.717, 1.165) is 10.9 Å². The second kappa shape index (κ2) is 6.09. The summed E-state index contributed by atoms with van der Waals surface area (Å²) in [6.07, 6.45) is 6.66. The predicted molar refractivity (Wildman–Crippen MR) is 81.3 cm³/mol. The highest BCUT2D eigenvalue weighted by Crippen LogP contribution is 2.34. The lowest BCUT2D eigenvalue weighted by Gasteiger charge is -2.22. The summed E-state index contributed by atoms with van der Waals surface area (Å²) in [5.74, 6) is 7.07. The van der Waals surface area contributed by atoms with Gasteiger partial charge in [-0.1, -0.05) is 40.0 Å². The zero-order chi connectivity index (χ0) is 13.9. The molecule has 0 aromatic carbocycles. The highest BCUT2D eigenvalue weighted by Gasteiger charge is 2.21. The molecule has 0 amide bonds. The minimum absolute atomic E-state index is 0.0608. The van der Waals surface area contributed by atoms with Crippen LogP contribution in [0.5, 0.6) is 0 Å². The fourth-order valence-corrected chi connectivity index (χ4v) is 3.48. The molecule has 0 radical (unpaired) electrons. The van der Waals surface area contributed by atoms with Crippen molar-refractivity contribution in [1.29, 1.82) is 0 Å². The van der Waals surface area contributed by atoms with E-state index in [4.69, 9.17) is 10.8 Å². The molecule has 0 bridgehead atoms. The van der Waals surface area contributed by atoms with Crippen molar-refractivity contribution in [2.45, 2.75) is 68.6 Å². The average molecular weight is 280 g/mol. The molecule has 4 nitrogen and oxygen atoms in total. The molecule has 0 spiro atoms. The van der Waals surface area contributed by atoms with Gasteiger partial charge in [-0.3, -0.25) is 0 Å². The van der Waals surface area contributed by atoms with Crippen LogP contribution in [-0.2, 0) is 5.41 Å². The summed E-state index contributed by atoms with van der Waals surface area (Å²) < 4.78 is 0. The summed E-state index contributed by atoms with van der Waals surface area (Å²) in [7, 11) is 0. The third-order valence-electron chi connectivity index (χ3n) is 3.36. The molecule has 1 fully saturated rings. The molecule has 0 atom stereocenters. The molecular weight excluding hydrogens is 256 g/mol. The summed E-state index contributed by atoms with van der Waals surface area (Å²) in [5, 5.41) is 1.74. The molecule has 3 N–H and O–H groups in total. The van der Waals surface area contributed by atoms with Crippen LogP contribution in [0.15, 0.2) is 11.1 Å². The minimum Gasteiger partial charge on any atom is -0.308 e. The molecule has 1 aromatic rings. The molecule has 1 heterocycles. The SMILES string of the molecule is CC(C)(C)c1nc(NN)cc(SC2CCCCC2)n1. The Labute approximate surface area is 119 Å². The van der Waals surface area contributed by atoms with Gasteiger partial charge in [0.1, 0.15) is 16.7 Å². The van der Waals surface area contributed by atoms with Crippen molar-refractivity contribution in [2.24, 2.45) is 5.84 Å². The Morgan fingerprint density at radius 3 is 2.47 bits per heavy atom. The number of rotatable bonds is 3.